The molecule has 1 N–H and O–H groups in total. The molecule has 0 spiro atoms. The number of aryl methyl sites for hydroxylation is 1. The lowest BCUT2D eigenvalue weighted by atomic mass is 10.1. The van der Waals surface area contributed by atoms with E-state index >= 15 is 0 Å². The van der Waals surface area contributed by atoms with Crippen molar-refractivity contribution in [3.63, 3.8) is 0 Å². The maximum Gasteiger partial charge on any atom is 0.266 e. The number of carbonyl (C=O) groups excluding carboxylic acids is 1. The minimum Gasteiger partial charge on any atom is -0.495 e. The zero-order chi connectivity index (χ0) is 19.1. The first-order valence-corrected chi connectivity index (χ1v) is 8.36. The van der Waals surface area contributed by atoms with Crippen LogP contribution in [-0.4, -0.2) is 19.6 Å². The van der Waals surface area contributed by atoms with Crippen LogP contribution >= 0.6 is 11.6 Å². The highest BCUT2D eigenvalue weighted by Crippen LogP contribution is 2.28. The molecule has 0 atom stereocenters. The van der Waals surface area contributed by atoms with Gasteiger partial charge in [-0.15, -0.1) is 0 Å². The molecule has 2 aromatic rings. The van der Waals surface area contributed by atoms with Crippen LogP contribution in [0.25, 0.3) is 6.08 Å². The van der Waals surface area contributed by atoms with E-state index in [0.717, 1.165) is 5.56 Å². The summed E-state index contributed by atoms with van der Waals surface area (Å²) in [5, 5.41) is 12.6. The zero-order valence-electron chi connectivity index (χ0n) is 14.8. The topological polar surface area (TPSA) is 71.3 Å². The van der Waals surface area contributed by atoms with Crippen LogP contribution in [0.4, 0.5) is 5.69 Å². The quantitative estimate of drug-likeness (QED) is 0.595. The first-order chi connectivity index (χ1) is 12.5. The van der Waals surface area contributed by atoms with Gasteiger partial charge in [0, 0.05) is 10.6 Å². The predicted molar refractivity (Wildman–Crippen MR) is 103 cm³/mol. The highest BCUT2D eigenvalue weighted by Gasteiger charge is 2.14. The molecule has 0 aliphatic heterocycles. The largest absolute Gasteiger partial charge is 0.495 e. The van der Waals surface area contributed by atoms with Gasteiger partial charge in [-0.25, -0.2) is 0 Å². The Kier molecular flexibility index (Phi) is 6.65. The van der Waals surface area contributed by atoms with Crippen molar-refractivity contribution >= 4 is 29.3 Å². The highest BCUT2D eigenvalue weighted by molar-refractivity contribution is 6.30. The second-order valence-electron chi connectivity index (χ2n) is 5.44. The van der Waals surface area contributed by atoms with Crippen LogP contribution < -0.4 is 14.8 Å². The number of benzene rings is 2. The number of hydrogen-bond donors (Lipinski definition) is 1. The normalized spacial score (nSPS) is 10.8. The van der Waals surface area contributed by atoms with Crippen LogP contribution in [0.5, 0.6) is 11.5 Å². The summed E-state index contributed by atoms with van der Waals surface area (Å²) < 4.78 is 10.8. The summed E-state index contributed by atoms with van der Waals surface area (Å²) in [5.74, 6) is 0.517. The van der Waals surface area contributed by atoms with E-state index in [2.05, 4.69) is 5.32 Å². The first-order valence-electron chi connectivity index (χ1n) is 7.98. The van der Waals surface area contributed by atoms with Crippen LogP contribution in [0.1, 0.15) is 18.1 Å². The first kappa shape index (κ1) is 19.4. The number of methoxy groups -OCH3 is 1. The third-order valence-electron chi connectivity index (χ3n) is 3.54. The number of nitrogens with zero attached hydrogens (tertiary/aromatic N) is 1. The lowest BCUT2D eigenvalue weighted by molar-refractivity contribution is -0.112. The summed E-state index contributed by atoms with van der Waals surface area (Å²) >= 11 is 6.03. The van der Waals surface area contributed by atoms with Gasteiger partial charge >= 0.3 is 0 Å². The van der Waals surface area contributed by atoms with Crippen molar-refractivity contribution in [1.29, 1.82) is 5.26 Å². The average molecular weight is 371 g/mol. The molecule has 2 rings (SSSR count). The molecule has 0 fully saturated rings. The molecule has 6 heteroatoms. The van der Waals surface area contributed by atoms with Gasteiger partial charge in [-0.1, -0.05) is 17.7 Å². The molecule has 0 saturated heterocycles. The summed E-state index contributed by atoms with van der Waals surface area (Å²) in [6.45, 7) is 4.21. The minimum absolute atomic E-state index is 0.0724. The predicted octanol–water partition coefficient (Wildman–Crippen LogP) is 4.60. The van der Waals surface area contributed by atoms with E-state index in [4.69, 9.17) is 21.1 Å². The Morgan fingerprint density at radius 3 is 2.65 bits per heavy atom. The van der Waals surface area contributed by atoms with Crippen LogP contribution in [0.2, 0.25) is 5.02 Å². The fraction of sp³-hybridized carbons (Fsp3) is 0.200. The molecule has 134 valence electrons. The third kappa shape index (κ3) is 4.78. The van der Waals surface area contributed by atoms with Gasteiger partial charge in [0.25, 0.3) is 5.91 Å². The number of nitrogens with one attached hydrogen (secondary N) is 1. The van der Waals surface area contributed by atoms with Crippen LogP contribution in [-0.2, 0) is 4.79 Å². The molecule has 0 saturated carbocycles. The maximum absolute atomic E-state index is 12.6. The number of nitriles is 1. The molecule has 5 nitrogen and oxygen atoms in total. The molecule has 0 heterocycles. The van der Waals surface area contributed by atoms with Crippen molar-refractivity contribution in [3.8, 4) is 17.6 Å². The molecule has 0 aliphatic carbocycles. The molecule has 0 aromatic heterocycles. The van der Waals surface area contributed by atoms with Crippen molar-refractivity contribution in [3.05, 3.63) is 58.1 Å². The van der Waals surface area contributed by atoms with Crippen molar-refractivity contribution in [2.24, 2.45) is 0 Å². The summed E-state index contributed by atoms with van der Waals surface area (Å²) in [6.07, 6.45) is 1.45. The Morgan fingerprint density at radius 2 is 2.00 bits per heavy atom. The number of amides is 1. The van der Waals surface area contributed by atoms with E-state index in [9.17, 15) is 10.1 Å². The monoisotopic (exact) mass is 370 g/mol. The number of anilines is 1. The SMILES string of the molecule is CCOc1ccc(Cl)cc1/C=C(\C#N)C(=O)Nc1cc(C)ccc1OC. The van der Waals surface area contributed by atoms with Gasteiger partial charge in [-0.2, -0.15) is 5.26 Å². The van der Waals surface area contributed by atoms with E-state index in [1.54, 1.807) is 30.3 Å². The standard InChI is InChI=1S/C20H19ClN2O3/c1-4-26-18-8-6-16(21)11-14(18)10-15(12-22)20(24)23-17-9-13(2)5-7-19(17)25-3/h5-11H,4H2,1-3H3,(H,23,24)/b15-10+. The molecule has 1 amide bonds. The lowest BCUT2D eigenvalue weighted by Gasteiger charge is -2.11. The Balaban J connectivity index is 2.36. The number of hydrogen-bond acceptors (Lipinski definition) is 4. The van der Waals surface area contributed by atoms with Crippen LogP contribution in [0.3, 0.4) is 0 Å². The second-order valence-corrected chi connectivity index (χ2v) is 5.88. The summed E-state index contributed by atoms with van der Waals surface area (Å²) in [5.41, 5.74) is 1.94. The molecule has 0 aliphatic rings. The van der Waals surface area contributed by atoms with E-state index < -0.39 is 5.91 Å². The van der Waals surface area contributed by atoms with E-state index in [1.165, 1.54) is 13.2 Å². The number of carbonyl (C=O) groups is 1. The second kappa shape index (κ2) is 8.93. The summed E-state index contributed by atoms with van der Waals surface area (Å²) in [7, 11) is 1.52. The van der Waals surface area contributed by atoms with E-state index in [-0.39, 0.29) is 5.57 Å². The van der Waals surface area contributed by atoms with Gasteiger partial charge in [-0.05, 0) is 55.8 Å². The fourth-order valence-electron chi connectivity index (χ4n) is 2.33. The third-order valence-corrected chi connectivity index (χ3v) is 3.77. The number of ether oxygens (including phenoxy) is 2. The molecular weight excluding hydrogens is 352 g/mol. The van der Waals surface area contributed by atoms with Crippen molar-refractivity contribution in [2.75, 3.05) is 19.0 Å². The van der Waals surface area contributed by atoms with Gasteiger partial charge in [0.2, 0.25) is 0 Å². The van der Waals surface area contributed by atoms with Crippen LogP contribution in [0.15, 0.2) is 42.0 Å². The number of halogens is 1. The maximum atomic E-state index is 12.6. The van der Waals surface area contributed by atoms with Crippen LogP contribution in [0, 0.1) is 18.3 Å². The Morgan fingerprint density at radius 1 is 1.27 bits per heavy atom. The Bertz CT molecular complexity index is 885. The molecule has 0 bridgehead atoms. The molecular formula is C20H19ClN2O3. The van der Waals surface area contributed by atoms with Crippen molar-refractivity contribution in [2.45, 2.75) is 13.8 Å². The molecule has 2 aromatic carbocycles. The highest BCUT2D eigenvalue weighted by atomic mass is 35.5. The summed E-state index contributed by atoms with van der Waals surface area (Å²) in [4.78, 5) is 12.6. The van der Waals surface area contributed by atoms with E-state index in [0.29, 0.717) is 34.4 Å². The smallest absolute Gasteiger partial charge is 0.266 e. The Hall–Kier alpha value is -2.97. The van der Waals surface area contributed by atoms with Crippen molar-refractivity contribution < 1.29 is 14.3 Å². The van der Waals surface area contributed by atoms with Gasteiger partial charge in [0.05, 0.1) is 19.4 Å². The van der Waals surface area contributed by atoms with Gasteiger partial charge < -0.3 is 14.8 Å². The molecule has 26 heavy (non-hydrogen) atoms. The summed E-state index contributed by atoms with van der Waals surface area (Å²) in [6, 6.07) is 12.4. The number of rotatable bonds is 6. The van der Waals surface area contributed by atoms with E-state index in [1.807, 2.05) is 26.0 Å². The van der Waals surface area contributed by atoms with Gasteiger partial charge in [-0.3, -0.25) is 4.79 Å². The minimum atomic E-state index is -0.543. The molecule has 0 radical (unpaired) electrons. The fourth-order valence-corrected chi connectivity index (χ4v) is 2.51. The van der Waals surface area contributed by atoms with Crippen molar-refractivity contribution in [1.82, 2.24) is 0 Å². The zero-order valence-corrected chi connectivity index (χ0v) is 15.6. The average Bonchev–Trinajstić information content (AvgIpc) is 2.62. The lowest BCUT2D eigenvalue weighted by Crippen LogP contribution is -2.14. The Labute approximate surface area is 157 Å². The molecule has 0 unspecified atom stereocenters. The van der Waals surface area contributed by atoms with Gasteiger partial charge in [0.1, 0.15) is 23.1 Å². The van der Waals surface area contributed by atoms with Gasteiger partial charge in [0.15, 0.2) is 0 Å².